The molecule has 152 valence electrons. The molecule has 0 aliphatic carbocycles. The van der Waals surface area contributed by atoms with Crippen molar-refractivity contribution in [2.24, 2.45) is 0 Å². The molecule has 0 bridgehead atoms. The van der Waals surface area contributed by atoms with Crippen molar-refractivity contribution >= 4 is 33.2 Å². The number of thiazole rings is 1. The molecule has 4 rings (SSSR count). The highest BCUT2D eigenvalue weighted by Gasteiger charge is 2.11. The van der Waals surface area contributed by atoms with Crippen molar-refractivity contribution in [3.8, 4) is 17.0 Å². The molecule has 1 N–H and O–H groups in total. The number of ether oxygens (including phenoxy) is 1. The molecule has 0 amide bonds. The van der Waals surface area contributed by atoms with Crippen LogP contribution in [-0.4, -0.2) is 27.3 Å². The number of aryl methyl sites for hydroxylation is 1. The van der Waals surface area contributed by atoms with Gasteiger partial charge in [0.25, 0.3) is 0 Å². The molecular weight excluding hydrogens is 396 g/mol. The Bertz CT molecular complexity index is 1200. The molecule has 2 aromatic carbocycles. The number of hydrogen-bond acceptors (Lipinski definition) is 7. The third-order valence-corrected chi connectivity index (χ3v) is 5.42. The SMILES string of the molecule is CC(=O)COc1cccc(C(C)Nc2cc(-c3ccc4ncsc4c3)nc(C)n2)c1. The van der Waals surface area contributed by atoms with Crippen molar-refractivity contribution in [2.45, 2.75) is 26.8 Å². The van der Waals surface area contributed by atoms with E-state index in [1.54, 1.807) is 11.3 Å². The van der Waals surface area contributed by atoms with Gasteiger partial charge in [0, 0.05) is 11.6 Å². The first-order valence-electron chi connectivity index (χ1n) is 9.66. The van der Waals surface area contributed by atoms with Gasteiger partial charge in [0.1, 0.15) is 24.0 Å². The van der Waals surface area contributed by atoms with E-state index >= 15 is 0 Å². The average Bonchev–Trinajstić information content (AvgIpc) is 3.20. The minimum absolute atomic E-state index is 0.00277. The Hall–Kier alpha value is -3.32. The van der Waals surface area contributed by atoms with Crippen LogP contribution in [0.1, 0.15) is 31.3 Å². The molecular formula is C23H22N4O2S. The Morgan fingerprint density at radius 1 is 1.17 bits per heavy atom. The van der Waals surface area contributed by atoms with Gasteiger partial charge in [0.05, 0.1) is 27.5 Å². The smallest absolute Gasteiger partial charge is 0.167 e. The lowest BCUT2D eigenvalue weighted by Crippen LogP contribution is -2.10. The predicted octanol–water partition coefficient (Wildman–Crippen LogP) is 5.20. The second-order valence-electron chi connectivity index (χ2n) is 7.15. The number of Topliss-reactive ketones (excluding diaryl/α,β-unsaturated/α-hetero) is 1. The second-order valence-corrected chi connectivity index (χ2v) is 8.04. The topological polar surface area (TPSA) is 77.0 Å². The van der Waals surface area contributed by atoms with Crippen LogP contribution in [0.4, 0.5) is 5.82 Å². The minimum Gasteiger partial charge on any atom is -0.486 e. The maximum Gasteiger partial charge on any atom is 0.167 e. The number of carbonyl (C=O) groups excluding carboxylic acids is 1. The van der Waals surface area contributed by atoms with E-state index in [2.05, 4.69) is 33.3 Å². The first kappa shape index (κ1) is 20.0. The fraction of sp³-hybridized carbons (Fsp3) is 0.217. The molecule has 0 saturated carbocycles. The number of hydrogen-bond donors (Lipinski definition) is 1. The van der Waals surface area contributed by atoms with Crippen molar-refractivity contribution in [1.29, 1.82) is 0 Å². The van der Waals surface area contributed by atoms with Crippen molar-refractivity contribution in [3.05, 3.63) is 65.4 Å². The minimum atomic E-state index is -0.00733. The van der Waals surface area contributed by atoms with Crippen LogP contribution >= 0.6 is 11.3 Å². The first-order valence-corrected chi connectivity index (χ1v) is 10.5. The lowest BCUT2D eigenvalue weighted by molar-refractivity contribution is -0.118. The number of anilines is 1. The van der Waals surface area contributed by atoms with E-state index in [1.807, 2.05) is 54.9 Å². The summed E-state index contributed by atoms with van der Waals surface area (Å²) in [6.45, 7) is 5.53. The standard InChI is InChI=1S/C23H22N4O2S/c1-14(28)12-29-19-6-4-5-17(9-19)15(2)25-23-11-21(26-16(3)27-23)18-7-8-20-22(10-18)30-13-24-20/h4-11,13,15H,12H2,1-3H3,(H,25,26,27). The van der Waals surface area contributed by atoms with Crippen LogP contribution < -0.4 is 10.1 Å². The highest BCUT2D eigenvalue weighted by Crippen LogP contribution is 2.28. The van der Waals surface area contributed by atoms with Crippen molar-refractivity contribution in [3.63, 3.8) is 0 Å². The number of aromatic nitrogens is 3. The molecule has 0 radical (unpaired) electrons. The van der Waals surface area contributed by atoms with Gasteiger partial charge in [-0.1, -0.05) is 18.2 Å². The zero-order valence-corrected chi connectivity index (χ0v) is 17.9. The Morgan fingerprint density at radius 2 is 2.03 bits per heavy atom. The molecule has 7 heteroatoms. The molecule has 0 aliphatic heterocycles. The van der Waals surface area contributed by atoms with Crippen LogP contribution in [-0.2, 0) is 4.79 Å². The van der Waals surface area contributed by atoms with Crippen LogP contribution in [0.3, 0.4) is 0 Å². The second kappa shape index (κ2) is 8.59. The van der Waals surface area contributed by atoms with E-state index in [0.29, 0.717) is 11.6 Å². The van der Waals surface area contributed by atoms with Crippen molar-refractivity contribution in [1.82, 2.24) is 15.0 Å². The molecule has 0 fully saturated rings. The zero-order valence-electron chi connectivity index (χ0n) is 17.0. The summed E-state index contributed by atoms with van der Waals surface area (Å²) in [4.78, 5) is 24.7. The maximum absolute atomic E-state index is 11.2. The number of nitrogens with zero attached hydrogens (tertiary/aromatic N) is 3. The Morgan fingerprint density at radius 3 is 2.87 bits per heavy atom. The van der Waals surface area contributed by atoms with E-state index < -0.39 is 0 Å². The fourth-order valence-electron chi connectivity index (χ4n) is 3.17. The van der Waals surface area contributed by atoms with Crippen LogP contribution in [0, 0.1) is 6.92 Å². The average molecular weight is 419 g/mol. The monoisotopic (exact) mass is 418 g/mol. The molecule has 4 aromatic rings. The van der Waals surface area contributed by atoms with Gasteiger partial charge in [-0.15, -0.1) is 11.3 Å². The summed E-state index contributed by atoms with van der Waals surface area (Å²) >= 11 is 1.62. The Balaban J connectivity index is 1.56. The molecule has 0 spiro atoms. The van der Waals surface area contributed by atoms with Crippen LogP contribution in [0.2, 0.25) is 0 Å². The summed E-state index contributed by atoms with van der Waals surface area (Å²) in [5, 5.41) is 3.45. The number of ketones is 1. The Kier molecular flexibility index (Phi) is 5.72. The van der Waals surface area contributed by atoms with Crippen LogP contribution in [0.15, 0.2) is 54.0 Å². The van der Waals surface area contributed by atoms with Crippen LogP contribution in [0.25, 0.3) is 21.5 Å². The molecule has 30 heavy (non-hydrogen) atoms. The van der Waals surface area contributed by atoms with Gasteiger partial charge in [0.15, 0.2) is 5.78 Å². The van der Waals surface area contributed by atoms with E-state index in [9.17, 15) is 4.79 Å². The number of carbonyl (C=O) groups is 1. The highest BCUT2D eigenvalue weighted by molar-refractivity contribution is 7.16. The lowest BCUT2D eigenvalue weighted by atomic mass is 10.1. The summed E-state index contributed by atoms with van der Waals surface area (Å²) < 4.78 is 6.66. The van der Waals surface area contributed by atoms with Crippen molar-refractivity contribution < 1.29 is 9.53 Å². The summed E-state index contributed by atoms with van der Waals surface area (Å²) in [6, 6.07) is 15.8. The van der Waals surface area contributed by atoms with Gasteiger partial charge in [-0.3, -0.25) is 4.79 Å². The number of nitrogens with one attached hydrogen (secondary N) is 1. The molecule has 0 aliphatic rings. The van der Waals surface area contributed by atoms with Gasteiger partial charge in [-0.2, -0.15) is 0 Å². The predicted molar refractivity (Wildman–Crippen MR) is 120 cm³/mol. The molecule has 2 aromatic heterocycles. The molecule has 1 atom stereocenters. The summed E-state index contributed by atoms with van der Waals surface area (Å²) in [5.74, 6) is 2.12. The Labute approximate surface area is 179 Å². The van der Waals surface area contributed by atoms with E-state index in [1.165, 1.54) is 6.92 Å². The third-order valence-electron chi connectivity index (χ3n) is 4.63. The summed E-state index contributed by atoms with van der Waals surface area (Å²) in [5.41, 5.74) is 5.79. The summed E-state index contributed by atoms with van der Waals surface area (Å²) in [6.07, 6.45) is 0. The lowest BCUT2D eigenvalue weighted by Gasteiger charge is -2.17. The van der Waals surface area contributed by atoms with E-state index in [4.69, 9.17) is 4.74 Å². The van der Waals surface area contributed by atoms with Crippen molar-refractivity contribution in [2.75, 3.05) is 11.9 Å². The highest BCUT2D eigenvalue weighted by atomic mass is 32.1. The molecule has 0 saturated heterocycles. The van der Waals surface area contributed by atoms with Gasteiger partial charge in [-0.25, -0.2) is 15.0 Å². The van der Waals surface area contributed by atoms with Gasteiger partial charge < -0.3 is 10.1 Å². The number of fused-ring (bicyclic) bond motifs is 1. The van der Waals surface area contributed by atoms with Gasteiger partial charge in [-0.05, 0) is 50.6 Å². The third kappa shape index (κ3) is 4.63. The fourth-order valence-corrected chi connectivity index (χ4v) is 3.88. The molecule has 6 nitrogen and oxygen atoms in total. The van der Waals surface area contributed by atoms with E-state index in [-0.39, 0.29) is 18.4 Å². The zero-order chi connectivity index (χ0) is 21.1. The number of rotatable bonds is 7. The van der Waals surface area contributed by atoms with Gasteiger partial charge >= 0.3 is 0 Å². The summed E-state index contributed by atoms with van der Waals surface area (Å²) in [7, 11) is 0. The molecule has 2 heterocycles. The quantitative estimate of drug-likeness (QED) is 0.444. The number of benzene rings is 2. The van der Waals surface area contributed by atoms with Crippen LogP contribution in [0.5, 0.6) is 5.75 Å². The maximum atomic E-state index is 11.2. The largest absolute Gasteiger partial charge is 0.486 e. The normalized spacial score (nSPS) is 12.0. The van der Waals surface area contributed by atoms with Gasteiger partial charge in [0.2, 0.25) is 0 Å². The first-order chi connectivity index (χ1) is 14.5. The molecule has 1 unspecified atom stereocenters. The van der Waals surface area contributed by atoms with E-state index in [0.717, 1.165) is 32.9 Å².